The smallest absolute Gasteiger partial charge is 0.376 e. The number of azo groups is 1. The van der Waals surface area contributed by atoms with Crippen LogP contribution in [0, 0.1) is 23.4 Å². The fraction of sp³-hybridized carbons (Fsp3) is 0.448. The number of nitriles is 1. The molecule has 4 heterocycles. The molecule has 1 saturated carbocycles. The van der Waals surface area contributed by atoms with Gasteiger partial charge < -0.3 is 4.74 Å². The van der Waals surface area contributed by atoms with Gasteiger partial charge in [-0.1, -0.05) is 6.42 Å². The van der Waals surface area contributed by atoms with Gasteiger partial charge in [0.05, 0.1) is 59.2 Å². The minimum Gasteiger partial charge on any atom is -0.376 e. The van der Waals surface area contributed by atoms with Crippen molar-refractivity contribution in [3.05, 3.63) is 75.6 Å². The SMILES string of the molecule is C[C@@H]1CN(Cc2cc(C(F)(F)F)c3cn(-c4cc(C#N)cc([C@@H]([C]5N=NC=[N+]5C)C5CCC5)c4)c(=O)n3c2)CCO1. The minimum absolute atomic E-state index is 0.0229. The highest BCUT2D eigenvalue weighted by atomic mass is 19.4. The number of benzene rings is 1. The first-order valence-corrected chi connectivity index (χ1v) is 13.7. The molecule has 0 amide bonds. The third-order valence-corrected chi connectivity index (χ3v) is 8.21. The molecular formula is C29H30F3N7O2+. The van der Waals surface area contributed by atoms with Crippen LogP contribution in [0.3, 0.4) is 0 Å². The van der Waals surface area contributed by atoms with Crippen molar-refractivity contribution >= 4 is 11.9 Å². The molecule has 0 unspecified atom stereocenters. The highest BCUT2D eigenvalue weighted by molar-refractivity contribution is 5.59. The molecule has 2 atom stereocenters. The number of hydrogen-bond donors (Lipinski definition) is 0. The number of alkyl halides is 3. The van der Waals surface area contributed by atoms with Gasteiger partial charge in [-0.05, 0) is 66.2 Å². The molecule has 1 aromatic carbocycles. The van der Waals surface area contributed by atoms with Crippen molar-refractivity contribution in [1.82, 2.24) is 13.9 Å². The van der Waals surface area contributed by atoms with E-state index in [1.165, 1.54) is 23.0 Å². The zero-order valence-corrected chi connectivity index (χ0v) is 22.8. The van der Waals surface area contributed by atoms with Gasteiger partial charge in [0.15, 0.2) is 0 Å². The number of fused-ring (bicyclic) bond motifs is 1. The zero-order valence-electron chi connectivity index (χ0n) is 22.8. The molecule has 6 rings (SSSR count). The van der Waals surface area contributed by atoms with Crippen LogP contribution in [0.2, 0.25) is 0 Å². The average Bonchev–Trinajstić information content (AvgIpc) is 3.47. The number of pyridine rings is 1. The number of likely N-dealkylation sites (N-methyl/N-ethyl adjacent to an activating group) is 1. The van der Waals surface area contributed by atoms with Crippen molar-refractivity contribution < 1.29 is 22.5 Å². The van der Waals surface area contributed by atoms with Crippen LogP contribution < -0.4 is 5.69 Å². The maximum absolute atomic E-state index is 14.3. The number of imidazole rings is 1. The van der Waals surface area contributed by atoms with Gasteiger partial charge in [-0.15, -0.1) is 0 Å². The van der Waals surface area contributed by atoms with E-state index in [4.69, 9.17) is 4.74 Å². The molecule has 12 heteroatoms. The highest BCUT2D eigenvalue weighted by Crippen LogP contribution is 2.46. The predicted molar refractivity (Wildman–Crippen MR) is 144 cm³/mol. The lowest BCUT2D eigenvalue weighted by Gasteiger charge is -2.34. The molecule has 0 bridgehead atoms. The Hall–Kier alpha value is -3.82. The summed E-state index contributed by atoms with van der Waals surface area (Å²) in [6.45, 7) is 3.87. The number of aromatic nitrogens is 2. The summed E-state index contributed by atoms with van der Waals surface area (Å²) in [4.78, 5) is 15.7. The predicted octanol–water partition coefficient (Wildman–Crippen LogP) is 4.71. The van der Waals surface area contributed by atoms with Crippen molar-refractivity contribution in [2.75, 3.05) is 26.7 Å². The summed E-state index contributed by atoms with van der Waals surface area (Å²) >= 11 is 0. The molecule has 213 valence electrons. The van der Waals surface area contributed by atoms with Crippen molar-refractivity contribution in [3.63, 3.8) is 0 Å². The second kappa shape index (κ2) is 10.5. The van der Waals surface area contributed by atoms with E-state index >= 15 is 0 Å². The summed E-state index contributed by atoms with van der Waals surface area (Å²) in [6, 6.07) is 8.35. The Morgan fingerprint density at radius 2 is 2.02 bits per heavy atom. The summed E-state index contributed by atoms with van der Waals surface area (Å²) < 4.78 is 52.5. The van der Waals surface area contributed by atoms with E-state index in [2.05, 4.69) is 16.3 Å². The summed E-state index contributed by atoms with van der Waals surface area (Å²) in [7, 11) is 1.86. The van der Waals surface area contributed by atoms with Crippen LogP contribution in [0.15, 0.2) is 51.7 Å². The summed E-state index contributed by atoms with van der Waals surface area (Å²) in [6.07, 6.45) is 3.42. The average molecular weight is 566 g/mol. The molecule has 2 aliphatic heterocycles. The first kappa shape index (κ1) is 27.4. The molecule has 2 fully saturated rings. The second-order valence-electron chi connectivity index (χ2n) is 11.1. The molecule has 1 aliphatic carbocycles. The van der Waals surface area contributed by atoms with Crippen molar-refractivity contribution in [2.24, 2.45) is 16.1 Å². The molecule has 1 radical (unpaired) electrons. The van der Waals surface area contributed by atoms with Crippen LogP contribution in [-0.2, 0) is 17.5 Å². The lowest BCUT2D eigenvalue weighted by atomic mass is 9.71. The molecule has 9 nitrogen and oxygen atoms in total. The van der Waals surface area contributed by atoms with E-state index in [0.717, 1.165) is 41.5 Å². The highest BCUT2D eigenvalue weighted by Gasteiger charge is 2.42. The number of halogens is 3. The van der Waals surface area contributed by atoms with Crippen LogP contribution in [0.1, 0.15) is 54.4 Å². The second-order valence-corrected chi connectivity index (χ2v) is 11.1. The fourth-order valence-electron chi connectivity index (χ4n) is 6.03. The molecule has 3 aliphatic rings. The van der Waals surface area contributed by atoms with Crippen molar-refractivity contribution in [3.8, 4) is 11.8 Å². The van der Waals surface area contributed by atoms with E-state index in [1.807, 2.05) is 23.4 Å². The Kier molecular flexibility index (Phi) is 7.03. The van der Waals surface area contributed by atoms with Crippen LogP contribution in [-0.4, -0.2) is 57.6 Å². The quantitative estimate of drug-likeness (QED) is 0.405. The van der Waals surface area contributed by atoms with E-state index in [1.54, 1.807) is 18.5 Å². The monoisotopic (exact) mass is 565 g/mol. The largest absolute Gasteiger partial charge is 0.418 e. The standard InChI is InChI=1S/C29H30F3N7O2/c1-18-13-37(6-7-41-18)14-20-10-24(29(30,31)32)25-16-38(28(40)39(25)15-20)23-9-19(12-33)8-22(11-23)26(21-4-3-5-21)27-35-34-17-36(27)2/h8-11,15-18,21,26H,3-7,13-14H2,1-2H3/q+1/t18-,26+/m1/s1. The van der Waals surface area contributed by atoms with Gasteiger partial charge in [-0.3, -0.25) is 13.9 Å². The Morgan fingerprint density at radius 3 is 2.66 bits per heavy atom. The molecule has 0 spiro atoms. The molecule has 0 N–H and O–H groups in total. The molecule has 2 aromatic heterocycles. The fourth-order valence-corrected chi connectivity index (χ4v) is 6.03. The van der Waals surface area contributed by atoms with E-state index in [-0.39, 0.29) is 30.0 Å². The van der Waals surface area contributed by atoms with Gasteiger partial charge in [-0.2, -0.15) is 18.4 Å². The molecule has 41 heavy (non-hydrogen) atoms. The van der Waals surface area contributed by atoms with Gasteiger partial charge in [0.1, 0.15) is 0 Å². The first-order chi connectivity index (χ1) is 19.6. The maximum Gasteiger partial charge on any atom is 0.418 e. The molecular weight excluding hydrogens is 535 g/mol. The van der Waals surface area contributed by atoms with Gasteiger partial charge in [0.2, 0.25) is 0 Å². The Bertz CT molecular complexity index is 1640. The lowest BCUT2D eigenvalue weighted by molar-refractivity contribution is -0.480. The van der Waals surface area contributed by atoms with Crippen LogP contribution in [0.5, 0.6) is 0 Å². The molecule has 3 aromatic rings. The molecule has 1 saturated heterocycles. The number of ether oxygens (including phenoxy) is 1. The Labute approximate surface area is 234 Å². The first-order valence-electron chi connectivity index (χ1n) is 13.7. The summed E-state index contributed by atoms with van der Waals surface area (Å²) in [5.74, 6) is 0.121. The van der Waals surface area contributed by atoms with E-state index in [9.17, 15) is 23.2 Å². The van der Waals surface area contributed by atoms with Crippen LogP contribution >= 0.6 is 0 Å². The maximum atomic E-state index is 14.3. The van der Waals surface area contributed by atoms with E-state index < -0.39 is 17.4 Å². The number of rotatable bonds is 6. The van der Waals surface area contributed by atoms with Crippen molar-refractivity contribution in [1.29, 1.82) is 5.26 Å². The summed E-state index contributed by atoms with van der Waals surface area (Å²) in [5.41, 5.74) is 0.0465. The number of nitrogens with zero attached hydrogens (tertiary/aromatic N) is 7. The number of morpholine rings is 1. The van der Waals surface area contributed by atoms with E-state index in [0.29, 0.717) is 36.5 Å². The minimum atomic E-state index is -4.67. The third-order valence-electron chi connectivity index (χ3n) is 8.21. The van der Waals surface area contributed by atoms with Gasteiger partial charge in [-0.25, -0.2) is 9.37 Å². The van der Waals surface area contributed by atoms with Crippen LogP contribution in [0.4, 0.5) is 13.2 Å². The van der Waals surface area contributed by atoms with Gasteiger partial charge >= 0.3 is 24.4 Å². The van der Waals surface area contributed by atoms with Gasteiger partial charge in [0.25, 0.3) is 0 Å². The van der Waals surface area contributed by atoms with Gasteiger partial charge in [0, 0.05) is 32.0 Å². The number of hydrogen-bond acceptors (Lipinski definition) is 6. The van der Waals surface area contributed by atoms with Crippen LogP contribution in [0.25, 0.3) is 11.2 Å². The Balaban J connectivity index is 1.46. The topological polar surface area (TPSA) is 90.4 Å². The lowest BCUT2D eigenvalue weighted by Crippen LogP contribution is -2.40. The zero-order chi connectivity index (χ0) is 28.9. The third kappa shape index (κ3) is 5.20. The summed E-state index contributed by atoms with van der Waals surface area (Å²) in [5, 5.41) is 18.2. The normalized spacial score (nSPS) is 21.2. The van der Waals surface area contributed by atoms with Crippen molar-refractivity contribution in [2.45, 2.75) is 50.9 Å². The Morgan fingerprint density at radius 1 is 1.22 bits per heavy atom.